The number of benzene rings is 1. The molecule has 4 rings (SSSR count). The van der Waals surface area contributed by atoms with Crippen molar-refractivity contribution in [2.24, 2.45) is 0 Å². The Bertz CT molecular complexity index is 1040. The monoisotopic (exact) mass is 410 g/mol. The number of carbonyl (C=O) groups is 1. The van der Waals surface area contributed by atoms with Gasteiger partial charge < -0.3 is 14.7 Å². The van der Waals surface area contributed by atoms with E-state index >= 15 is 0 Å². The van der Waals surface area contributed by atoms with Crippen molar-refractivity contribution in [3.63, 3.8) is 0 Å². The molecule has 9 heteroatoms. The highest BCUT2D eigenvalue weighted by Crippen LogP contribution is 2.45. The maximum Gasteiger partial charge on any atom is 0.406 e. The van der Waals surface area contributed by atoms with Gasteiger partial charge in [-0.15, -0.1) is 0 Å². The van der Waals surface area contributed by atoms with Crippen molar-refractivity contribution < 1.29 is 27.8 Å². The third-order valence-electron chi connectivity index (χ3n) is 5.62. The lowest BCUT2D eigenvalue weighted by Crippen LogP contribution is -2.56. The number of para-hydroxylation sites is 1. The van der Waals surface area contributed by atoms with Gasteiger partial charge in [-0.05, 0) is 32.4 Å². The predicted molar refractivity (Wildman–Crippen MR) is 98.7 cm³/mol. The number of alkyl halides is 3. The van der Waals surface area contributed by atoms with Crippen molar-refractivity contribution in [1.82, 2.24) is 9.47 Å². The largest absolute Gasteiger partial charge is 0.484 e. The van der Waals surface area contributed by atoms with Crippen LogP contribution in [0.2, 0.25) is 0 Å². The summed E-state index contributed by atoms with van der Waals surface area (Å²) in [6, 6.07) is 5.13. The second kappa shape index (κ2) is 6.48. The molecule has 0 spiro atoms. The Morgan fingerprint density at radius 3 is 2.55 bits per heavy atom. The Kier molecular flexibility index (Phi) is 4.41. The quantitative estimate of drug-likeness (QED) is 0.827. The van der Waals surface area contributed by atoms with Gasteiger partial charge in [0.1, 0.15) is 24.0 Å². The topological polar surface area (TPSA) is 71.8 Å². The minimum atomic E-state index is -4.62. The van der Waals surface area contributed by atoms with Crippen LogP contribution in [0.5, 0.6) is 5.75 Å². The number of halogens is 3. The molecule has 1 amide bonds. The first-order chi connectivity index (χ1) is 13.5. The summed E-state index contributed by atoms with van der Waals surface area (Å²) in [6.07, 6.45) is -5.06. The molecule has 3 heterocycles. The predicted octanol–water partition coefficient (Wildman–Crippen LogP) is 2.76. The summed E-state index contributed by atoms with van der Waals surface area (Å²) in [4.78, 5) is 27.1. The zero-order valence-electron chi connectivity index (χ0n) is 16.0. The Balaban J connectivity index is 2.06. The number of carbonyl (C=O) groups excluding carboxylic acids is 1. The molecule has 0 unspecified atom stereocenters. The molecule has 1 N–H and O–H groups in total. The third-order valence-corrected chi connectivity index (χ3v) is 5.62. The summed E-state index contributed by atoms with van der Waals surface area (Å²) < 4.78 is 46.3. The van der Waals surface area contributed by atoms with Gasteiger partial charge in [-0.2, -0.15) is 13.2 Å². The molecule has 0 bridgehead atoms. The Labute approximate surface area is 164 Å². The van der Waals surface area contributed by atoms with Crippen LogP contribution in [0.3, 0.4) is 0 Å². The van der Waals surface area contributed by atoms with E-state index in [1.165, 1.54) is 11.0 Å². The summed E-state index contributed by atoms with van der Waals surface area (Å²) in [7, 11) is 0. The number of aliphatic hydroxyl groups excluding tert-OH is 1. The van der Waals surface area contributed by atoms with Crippen molar-refractivity contribution in [2.45, 2.75) is 57.2 Å². The first kappa shape index (κ1) is 19.8. The van der Waals surface area contributed by atoms with Gasteiger partial charge in [-0.3, -0.25) is 14.2 Å². The molecule has 6 nitrogen and oxygen atoms in total. The summed E-state index contributed by atoms with van der Waals surface area (Å²) in [5.41, 5.74) is -2.07. The van der Waals surface area contributed by atoms with Crippen LogP contribution in [0, 0.1) is 0 Å². The molecule has 29 heavy (non-hydrogen) atoms. The van der Waals surface area contributed by atoms with Crippen molar-refractivity contribution >= 4 is 16.8 Å². The summed E-state index contributed by atoms with van der Waals surface area (Å²) in [5, 5.41) is 11.3. The highest BCUT2D eigenvalue weighted by molar-refractivity contribution is 5.88. The molecule has 1 aromatic carbocycles. The molecule has 0 radical (unpaired) electrons. The van der Waals surface area contributed by atoms with Crippen LogP contribution in [0.25, 0.3) is 10.9 Å². The zero-order chi connectivity index (χ0) is 21.1. The molecule has 2 aliphatic heterocycles. The number of hydrogen-bond acceptors (Lipinski definition) is 4. The van der Waals surface area contributed by atoms with Crippen LogP contribution in [-0.2, 0) is 11.3 Å². The van der Waals surface area contributed by atoms with Crippen LogP contribution in [0.15, 0.2) is 29.1 Å². The highest BCUT2D eigenvalue weighted by Gasteiger charge is 2.50. The van der Waals surface area contributed by atoms with E-state index in [2.05, 4.69) is 0 Å². The fourth-order valence-corrected chi connectivity index (χ4v) is 4.26. The van der Waals surface area contributed by atoms with E-state index in [-0.39, 0.29) is 29.2 Å². The maximum absolute atomic E-state index is 13.3. The molecular formula is C20H21F3N2O4. The van der Waals surface area contributed by atoms with Crippen molar-refractivity contribution in [3.8, 4) is 5.75 Å². The molecule has 2 atom stereocenters. The number of fused-ring (bicyclic) bond motifs is 3. The molecule has 2 aliphatic rings. The van der Waals surface area contributed by atoms with E-state index in [0.717, 1.165) is 0 Å². The summed E-state index contributed by atoms with van der Waals surface area (Å²) in [5.74, 6) is -0.114. The Morgan fingerprint density at radius 2 is 1.93 bits per heavy atom. The summed E-state index contributed by atoms with van der Waals surface area (Å²) in [6.45, 7) is 2.11. The third kappa shape index (κ3) is 3.17. The molecule has 1 fully saturated rings. The Hall–Kier alpha value is -2.55. The molecule has 2 aromatic rings. The first-order valence-corrected chi connectivity index (χ1v) is 9.40. The lowest BCUT2D eigenvalue weighted by molar-refractivity contribution is -0.143. The highest BCUT2D eigenvalue weighted by atomic mass is 19.4. The van der Waals surface area contributed by atoms with E-state index in [0.29, 0.717) is 22.9 Å². The minimum absolute atomic E-state index is 0.0901. The number of likely N-dealkylation sites (tertiary alicyclic amines) is 1. The van der Waals surface area contributed by atoms with Gasteiger partial charge in [-0.25, -0.2) is 0 Å². The number of nitrogens with zero attached hydrogens (tertiary/aromatic N) is 2. The van der Waals surface area contributed by atoms with E-state index in [1.807, 2.05) is 0 Å². The number of hydrogen-bond donors (Lipinski definition) is 1. The standard InChI is InChI=1S/C20H21F3N2O4/c1-19(2)17(27)15(24-9-5-8-13(24)26)14-16(29-19)11-6-3-4-7-12(11)25(18(14)28)10-20(21,22)23/h3-4,6-7,15,17,27H,5,8-10H2,1-2H3/t15-,17+/m0/s1. The van der Waals surface area contributed by atoms with Gasteiger partial charge in [-0.1, -0.05) is 12.1 Å². The van der Waals surface area contributed by atoms with Crippen LogP contribution in [0.1, 0.15) is 38.3 Å². The number of amides is 1. The second-order valence-electron chi connectivity index (χ2n) is 8.05. The number of aliphatic hydroxyl groups is 1. The van der Waals surface area contributed by atoms with E-state index in [9.17, 15) is 27.9 Å². The van der Waals surface area contributed by atoms with Gasteiger partial charge >= 0.3 is 6.18 Å². The fourth-order valence-electron chi connectivity index (χ4n) is 4.26. The van der Waals surface area contributed by atoms with E-state index in [1.54, 1.807) is 32.0 Å². The smallest absolute Gasteiger partial charge is 0.406 e. The SMILES string of the molecule is CC1(C)Oc2c(c(=O)n(CC(F)(F)F)c3ccccc23)[C@H](N2CCCC2=O)[C@H]1O. The van der Waals surface area contributed by atoms with Crippen molar-refractivity contribution in [3.05, 3.63) is 40.2 Å². The van der Waals surface area contributed by atoms with Gasteiger partial charge in [0.15, 0.2) is 0 Å². The number of aromatic nitrogens is 1. The van der Waals surface area contributed by atoms with E-state index in [4.69, 9.17) is 4.74 Å². The molecule has 0 saturated carbocycles. The average Bonchev–Trinajstić information content (AvgIpc) is 3.05. The van der Waals surface area contributed by atoms with Gasteiger partial charge in [0.05, 0.1) is 17.1 Å². The zero-order valence-corrected chi connectivity index (χ0v) is 16.0. The molecule has 1 saturated heterocycles. The van der Waals surface area contributed by atoms with Crippen LogP contribution >= 0.6 is 0 Å². The second-order valence-corrected chi connectivity index (χ2v) is 8.05. The fraction of sp³-hybridized carbons (Fsp3) is 0.500. The normalized spacial score (nSPS) is 23.9. The van der Waals surface area contributed by atoms with Gasteiger partial charge in [0.2, 0.25) is 5.91 Å². The van der Waals surface area contributed by atoms with Crippen molar-refractivity contribution in [2.75, 3.05) is 6.54 Å². The summed E-state index contributed by atoms with van der Waals surface area (Å²) >= 11 is 0. The minimum Gasteiger partial charge on any atom is -0.484 e. The average molecular weight is 410 g/mol. The van der Waals surface area contributed by atoms with Crippen molar-refractivity contribution in [1.29, 1.82) is 0 Å². The number of rotatable bonds is 2. The van der Waals surface area contributed by atoms with E-state index < -0.39 is 36.0 Å². The van der Waals surface area contributed by atoms with Crippen LogP contribution < -0.4 is 10.3 Å². The van der Waals surface area contributed by atoms with Gasteiger partial charge in [0, 0.05) is 18.4 Å². The molecule has 1 aromatic heterocycles. The number of pyridine rings is 1. The lowest BCUT2D eigenvalue weighted by atomic mass is 9.85. The molecular weight excluding hydrogens is 389 g/mol. The lowest BCUT2D eigenvalue weighted by Gasteiger charge is -2.45. The first-order valence-electron chi connectivity index (χ1n) is 9.40. The van der Waals surface area contributed by atoms with Gasteiger partial charge in [0.25, 0.3) is 5.56 Å². The Morgan fingerprint density at radius 1 is 1.24 bits per heavy atom. The maximum atomic E-state index is 13.3. The van der Waals surface area contributed by atoms with Crippen LogP contribution in [-0.4, -0.2) is 44.9 Å². The molecule has 156 valence electrons. The van der Waals surface area contributed by atoms with Crippen LogP contribution in [0.4, 0.5) is 13.2 Å². The molecule has 0 aliphatic carbocycles. The number of ether oxygens (including phenoxy) is 1.